The Labute approximate surface area is 223 Å². The van der Waals surface area contributed by atoms with Crippen molar-refractivity contribution in [3.63, 3.8) is 0 Å². The summed E-state index contributed by atoms with van der Waals surface area (Å²) in [4.78, 5) is -0.311. The second kappa shape index (κ2) is 12.4. The van der Waals surface area contributed by atoms with Gasteiger partial charge in [-0.1, -0.05) is 30.3 Å². The molecule has 0 atom stereocenters. The highest BCUT2D eigenvalue weighted by Crippen LogP contribution is 2.43. The van der Waals surface area contributed by atoms with Crippen molar-refractivity contribution in [2.45, 2.75) is 4.90 Å². The standard InChI is InChI=1S/C26H24N4O8S/c31-10-12-37-24-16-22(25(38-13-11-32)15-21(24)28-27-18-4-2-1-3-5-18)29-30-26-20-8-7-19(39(34,35)36)14-17(20)6-9-23(26)33/h1-9,14-16,31-33H,10-13H2,(H,34,35,36). The lowest BCUT2D eigenvalue weighted by Crippen LogP contribution is -2.04. The number of hydrogen-bond acceptors (Lipinski definition) is 11. The summed E-state index contributed by atoms with van der Waals surface area (Å²) < 4.78 is 43.6. The molecule has 4 N–H and O–H groups in total. The molecule has 0 radical (unpaired) electrons. The quantitative estimate of drug-likeness (QED) is 0.141. The van der Waals surface area contributed by atoms with Gasteiger partial charge in [0.05, 0.1) is 23.8 Å². The first-order chi connectivity index (χ1) is 18.8. The summed E-state index contributed by atoms with van der Waals surface area (Å²) in [6.07, 6.45) is 0. The smallest absolute Gasteiger partial charge is 0.294 e. The summed E-state index contributed by atoms with van der Waals surface area (Å²) in [5.41, 5.74) is 1.05. The number of rotatable bonds is 11. The number of nitrogens with zero attached hydrogens (tertiary/aromatic N) is 4. The maximum Gasteiger partial charge on any atom is 0.294 e. The molecule has 0 saturated heterocycles. The topological polar surface area (TPSA) is 183 Å². The minimum atomic E-state index is -4.43. The molecule has 12 nitrogen and oxygen atoms in total. The molecule has 0 saturated carbocycles. The van der Waals surface area contributed by atoms with Gasteiger partial charge in [0.2, 0.25) is 0 Å². The number of aromatic hydroxyl groups is 1. The normalized spacial score (nSPS) is 12.0. The van der Waals surface area contributed by atoms with E-state index in [9.17, 15) is 28.3 Å². The van der Waals surface area contributed by atoms with Gasteiger partial charge >= 0.3 is 0 Å². The number of ether oxygens (including phenoxy) is 2. The summed E-state index contributed by atoms with van der Waals surface area (Å²) >= 11 is 0. The van der Waals surface area contributed by atoms with Crippen LogP contribution in [0.1, 0.15) is 0 Å². The molecule has 4 aromatic carbocycles. The number of aliphatic hydroxyl groups excluding tert-OH is 2. The molecule has 0 spiro atoms. The SMILES string of the molecule is O=S(=O)(O)c1ccc2c(N=Nc3cc(OCCO)c(N=Nc4ccccc4)cc3OCCO)c(O)ccc2c1. The maximum atomic E-state index is 11.5. The highest BCUT2D eigenvalue weighted by atomic mass is 32.2. The third-order valence-electron chi connectivity index (χ3n) is 5.26. The molecule has 202 valence electrons. The van der Waals surface area contributed by atoms with Crippen LogP contribution < -0.4 is 9.47 Å². The van der Waals surface area contributed by atoms with E-state index >= 15 is 0 Å². The van der Waals surface area contributed by atoms with Crippen molar-refractivity contribution in [3.8, 4) is 17.2 Å². The first-order valence-electron chi connectivity index (χ1n) is 11.6. The molecule has 0 unspecified atom stereocenters. The van der Waals surface area contributed by atoms with Gasteiger partial charge in [-0.05, 0) is 35.7 Å². The van der Waals surface area contributed by atoms with Crippen molar-refractivity contribution in [1.29, 1.82) is 0 Å². The third-order valence-corrected chi connectivity index (χ3v) is 6.11. The summed E-state index contributed by atoms with van der Waals surface area (Å²) in [6.45, 7) is -0.640. The van der Waals surface area contributed by atoms with E-state index in [1.54, 1.807) is 12.1 Å². The van der Waals surface area contributed by atoms with Gasteiger partial charge in [0, 0.05) is 17.5 Å². The highest BCUT2D eigenvalue weighted by Gasteiger charge is 2.16. The first-order valence-corrected chi connectivity index (χ1v) is 13.0. The molecular formula is C26H24N4O8S. The fourth-order valence-corrected chi connectivity index (χ4v) is 4.01. The molecule has 0 aliphatic heterocycles. The molecule has 0 amide bonds. The van der Waals surface area contributed by atoms with Crippen LogP contribution in [0.4, 0.5) is 22.7 Å². The number of hydrogen-bond donors (Lipinski definition) is 4. The Hall–Kier alpha value is -4.43. The number of fused-ring (bicyclic) bond motifs is 1. The predicted octanol–water partition coefficient (Wildman–Crippen LogP) is 5.37. The lowest BCUT2D eigenvalue weighted by molar-refractivity contribution is 0.198. The van der Waals surface area contributed by atoms with Crippen molar-refractivity contribution >= 4 is 43.6 Å². The van der Waals surface area contributed by atoms with Crippen LogP contribution in [0.5, 0.6) is 17.2 Å². The minimum absolute atomic E-state index is 0.0353. The number of benzene rings is 4. The maximum absolute atomic E-state index is 11.5. The summed E-state index contributed by atoms with van der Waals surface area (Å²) in [5.74, 6) is 0.169. The van der Waals surface area contributed by atoms with Crippen LogP contribution >= 0.6 is 0 Å². The lowest BCUT2D eigenvalue weighted by Gasteiger charge is -2.12. The van der Waals surface area contributed by atoms with Gasteiger partial charge in [0.25, 0.3) is 10.1 Å². The fraction of sp³-hybridized carbons (Fsp3) is 0.154. The molecule has 0 aliphatic rings. The molecule has 0 heterocycles. The monoisotopic (exact) mass is 552 g/mol. The van der Waals surface area contributed by atoms with E-state index in [2.05, 4.69) is 20.5 Å². The van der Waals surface area contributed by atoms with E-state index in [-0.39, 0.29) is 65.6 Å². The van der Waals surface area contributed by atoms with Crippen molar-refractivity contribution in [3.05, 3.63) is 72.8 Å². The van der Waals surface area contributed by atoms with Gasteiger partial charge < -0.3 is 24.8 Å². The molecule has 4 rings (SSSR count). The zero-order valence-electron chi connectivity index (χ0n) is 20.4. The number of phenols is 1. The number of aliphatic hydroxyl groups is 2. The van der Waals surface area contributed by atoms with Gasteiger partial charge in [-0.15, -0.1) is 15.3 Å². The van der Waals surface area contributed by atoms with Crippen LogP contribution in [0.2, 0.25) is 0 Å². The predicted molar refractivity (Wildman–Crippen MR) is 142 cm³/mol. The fourth-order valence-electron chi connectivity index (χ4n) is 3.49. The number of azo groups is 2. The third kappa shape index (κ3) is 6.91. The summed E-state index contributed by atoms with van der Waals surface area (Å²) in [5, 5.41) is 46.6. The summed E-state index contributed by atoms with van der Waals surface area (Å²) in [7, 11) is -4.43. The van der Waals surface area contributed by atoms with E-state index in [0.29, 0.717) is 16.5 Å². The highest BCUT2D eigenvalue weighted by molar-refractivity contribution is 7.85. The van der Waals surface area contributed by atoms with E-state index < -0.39 is 10.1 Å². The van der Waals surface area contributed by atoms with Crippen LogP contribution in [0, 0.1) is 0 Å². The zero-order chi connectivity index (χ0) is 27.8. The van der Waals surface area contributed by atoms with Gasteiger partial charge in [-0.25, -0.2) is 0 Å². The first kappa shape index (κ1) is 27.6. The largest absolute Gasteiger partial charge is 0.506 e. The second-order valence-corrected chi connectivity index (χ2v) is 9.38. The zero-order valence-corrected chi connectivity index (χ0v) is 21.2. The molecular weight excluding hydrogens is 528 g/mol. The number of phenolic OH excluding ortho intramolecular Hbond substituents is 1. The molecule has 39 heavy (non-hydrogen) atoms. The van der Waals surface area contributed by atoms with Crippen molar-refractivity contribution in [2.75, 3.05) is 26.4 Å². The van der Waals surface area contributed by atoms with Crippen LogP contribution in [0.15, 0.2) is 98.1 Å². The Bertz CT molecular complexity index is 1630. The van der Waals surface area contributed by atoms with Crippen LogP contribution in [-0.2, 0) is 10.1 Å². The Morgan fingerprint density at radius 3 is 1.92 bits per heavy atom. The molecule has 0 bridgehead atoms. The van der Waals surface area contributed by atoms with Gasteiger partial charge in [-0.2, -0.15) is 13.5 Å². The van der Waals surface area contributed by atoms with Crippen molar-refractivity contribution in [1.82, 2.24) is 0 Å². The molecule has 4 aromatic rings. The Morgan fingerprint density at radius 1 is 0.718 bits per heavy atom. The average Bonchev–Trinajstić information content (AvgIpc) is 2.93. The molecule has 13 heteroatoms. The molecule has 0 aliphatic carbocycles. The minimum Gasteiger partial charge on any atom is -0.506 e. The lowest BCUT2D eigenvalue weighted by atomic mass is 10.1. The Morgan fingerprint density at radius 2 is 1.33 bits per heavy atom. The van der Waals surface area contributed by atoms with Gasteiger partial charge in [-0.3, -0.25) is 4.55 Å². The van der Waals surface area contributed by atoms with Gasteiger partial charge in [0.1, 0.15) is 47.5 Å². The van der Waals surface area contributed by atoms with Gasteiger partial charge in [0.15, 0.2) is 0 Å². The van der Waals surface area contributed by atoms with Crippen LogP contribution in [0.25, 0.3) is 10.8 Å². The molecule has 0 aromatic heterocycles. The Kier molecular flexibility index (Phi) is 8.78. The average molecular weight is 553 g/mol. The van der Waals surface area contributed by atoms with E-state index in [4.69, 9.17) is 9.47 Å². The Balaban J connectivity index is 1.79. The van der Waals surface area contributed by atoms with E-state index in [1.165, 1.54) is 42.5 Å². The summed E-state index contributed by atoms with van der Waals surface area (Å²) in [6, 6.07) is 18.5. The van der Waals surface area contributed by atoms with E-state index in [1.807, 2.05) is 18.2 Å². The van der Waals surface area contributed by atoms with E-state index in [0.717, 1.165) is 0 Å². The van der Waals surface area contributed by atoms with Crippen molar-refractivity contribution < 1.29 is 37.8 Å². The van der Waals surface area contributed by atoms with Crippen LogP contribution in [-0.4, -0.2) is 54.7 Å². The van der Waals surface area contributed by atoms with Crippen LogP contribution in [0.3, 0.4) is 0 Å². The molecule has 0 fully saturated rings. The second-order valence-electron chi connectivity index (χ2n) is 7.96. The van der Waals surface area contributed by atoms with Crippen molar-refractivity contribution in [2.24, 2.45) is 20.5 Å².